The van der Waals surface area contributed by atoms with Crippen LogP contribution >= 0.6 is 0 Å². The van der Waals surface area contributed by atoms with E-state index in [1.807, 2.05) is 12.1 Å². The first-order valence-corrected chi connectivity index (χ1v) is 7.39. The van der Waals surface area contributed by atoms with Crippen LogP contribution in [0, 0.1) is 0 Å². The van der Waals surface area contributed by atoms with E-state index < -0.39 is 0 Å². The van der Waals surface area contributed by atoms with Crippen molar-refractivity contribution in [3.63, 3.8) is 0 Å². The number of hydrogen-bond donors (Lipinski definition) is 1. The number of anilines is 1. The Kier molecular flexibility index (Phi) is 5.52. The first kappa shape index (κ1) is 14.2. The molecule has 1 fully saturated rings. The number of benzene rings is 1. The van der Waals surface area contributed by atoms with E-state index in [0.717, 1.165) is 43.9 Å². The third-order valence-corrected chi connectivity index (χ3v) is 3.57. The maximum absolute atomic E-state index is 5.85. The molecular formula is C16H25NO2. The highest BCUT2D eigenvalue weighted by molar-refractivity contribution is 5.48. The Labute approximate surface area is 116 Å². The van der Waals surface area contributed by atoms with E-state index in [1.165, 1.54) is 6.42 Å². The molecule has 1 heterocycles. The van der Waals surface area contributed by atoms with Crippen molar-refractivity contribution in [3.8, 4) is 5.75 Å². The second kappa shape index (κ2) is 7.39. The maximum Gasteiger partial charge on any atom is 0.121 e. The SMILES string of the molecule is CCC(C)Oc1cccc(NC2CCCOCC2)c1. The van der Waals surface area contributed by atoms with Crippen LogP contribution in [0.5, 0.6) is 5.75 Å². The van der Waals surface area contributed by atoms with E-state index >= 15 is 0 Å². The first-order valence-electron chi connectivity index (χ1n) is 7.39. The lowest BCUT2D eigenvalue weighted by atomic mass is 10.1. The highest BCUT2D eigenvalue weighted by Crippen LogP contribution is 2.21. The van der Waals surface area contributed by atoms with Crippen molar-refractivity contribution in [2.24, 2.45) is 0 Å². The summed E-state index contributed by atoms with van der Waals surface area (Å²) in [7, 11) is 0. The third-order valence-electron chi connectivity index (χ3n) is 3.57. The standard InChI is InChI=1S/C16H25NO2/c1-3-13(2)19-16-8-4-6-15(12-16)17-14-7-5-10-18-11-9-14/h4,6,8,12-14,17H,3,5,7,9-11H2,1-2H3. The molecule has 0 aromatic heterocycles. The Morgan fingerprint density at radius 3 is 3.11 bits per heavy atom. The molecule has 0 saturated carbocycles. The normalized spacial score (nSPS) is 21.5. The van der Waals surface area contributed by atoms with Crippen molar-refractivity contribution in [1.82, 2.24) is 0 Å². The molecule has 1 aliphatic heterocycles. The molecule has 2 unspecified atom stereocenters. The lowest BCUT2D eigenvalue weighted by Gasteiger charge is -2.18. The van der Waals surface area contributed by atoms with Crippen molar-refractivity contribution in [2.45, 2.75) is 51.7 Å². The highest BCUT2D eigenvalue weighted by Gasteiger charge is 2.12. The van der Waals surface area contributed by atoms with Crippen molar-refractivity contribution < 1.29 is 9.47 Å². The van der Waals surface area contributed by atoms with Crippen LogP contribution in [0.2, 0.25) is 0 Å². The van der Waals surface area contributed by atoms with Gasteiger partial charge in [0.25, 0.3) is 0 Å². The highest BCUT2D eigenvalue weighted by atomic mass is 16.5. The van der Waals surface area contributed by atoms with Gasteiger partial charge in [-0.3, -0.25) is 0 Å². The molecule has 1 aromatic rings. The van der Waals surface area contributed by atoms with Gasteiger partial charge in [-0.1, -0.05) is 13.0 Å². The second-order valence-corrected chi connectivity index (χ2v) is 5.25. The molecule has 19 heavy (non-hydrogen) atoms. The van der Waals surface area contributed by atoms with Crippen molar-refractivity contribution in [3.05, 3.63) is 24.3 Å². The van der Waals surface area contributed by atoms with E-state index in [0.29, 0.717) is 6.04 Å². The second-order valence-electron chi connectivity index (χ2n) is 5.25. The van der Waals surface area contributed by atoms with E-state index in [2.05, 4.69) is 31.3 Å². The summed E-state index contributed by atoms with van der Waals surface area (Å²) < 4.78 is 11.3. The molecule has 1 saturated heterocycles. The van der Waals surface area contributed by atoms with E-state index in [1.54, 1.807) is 0 Å². The molecule has 0 spiro atoms. The largest absolute Gasteiger partial charge is 0.491 e. The summed E-state index contributed by atoms with van der Waals surface area (Å²) in [5.41, 5.74) is 1.15. The van der Waals surface area contributed by atoms with Gasteiger partial charge in [-0.15, -0.1) is 0 Å². The summed E-state index contributed by atoms with van der Waals surface area (Å²) in [5.74, 6) is 0.948. The number of ether oxygens (including phenoxy) is 2. The van der Waals surface area contributed by atoms with Crippen LogP contribution < -0.4 is 10.1 Å². The molecule has 2 rings (SSSR count). The number of rotatable bonds is 5. The van der Waals surface area contributed by atoms with Gasteiger partial charge in [0.15, 0.2) is 0 Å². The van der Waals surface area contributed by atoms with Gasteiger partial charge in [-0.25, -0.2) is 0 Å². The van der Waals surface area contributed by atoms with Gasteiger partial charge in [0, 0.05) is 31.0 Å². The molecule has 1 N–H and O–H groups in total. The summed E-state index contributed by atoms with van der Waals surface area (Å²) in [6.07, 6.45) is 4.69. The van der Waals surface area contributed by atoms with Gasteiger partial charge in [-0.2, -0.15) is 0 Å². The van der Waals surface area contributed by atoms with E-state index in [9.17, 15) is 0 Å². The monoisotopic (exact) mass is 263 g/mol. The molecule has 3 nitrogen and oxygen atoms in total. The van der Waals surface area contributed by atoms with E-state index in [4.69, 9.17) is 9.47 Å². The Hall–Kier alpha value is -1.22. The molecule has 3 heteroatoms. The predicted molar refractivity (Wildman–Crippen MR) is 78.9 cm³/mol. The van der Waals surface area contributed by atoms with Gasteiger partial charge in [0.1, 0.15) is 5.75 Å². The van der Waals surface area contributed by atoms with Crippen molar-refractivity contribution >= 4 is 5.69 Å². The first-order chi connectivity index (χ1) is 9.28. The lowest BCUT2D eigenvalue weighted by molar-refractivity contribution is 0.144. The van der Waals surface area contributed by atoms with Crippen molar-refractivity contribution in [1.29, 1.82) is 0 Å². The molecule has 0 aliphatic carbocycles. The summed E-state index contributed by atoms with van der Waals surface area (Å²) in [6.45, 7) is 6.00. The zero-order valence-electron chi connectivity index (χ0n) is 12.0. The molecule has 2 atom stereocenters. The molecular weight excluding hydrogens is 238 g/mol. The zero-order chi connectivity index (χ0) is 13.5. The van der Waals surface area contributed by atoms with Gasteiger partial charge in [0.05, 0.1) is 6.10 Å². The Bertz CT molecular complexity index is 373. The van der Waals surface area contributed by atoms with Gasteiger partial charge < -0.3 is 14.8 Å². The smallest absolute Gasteiger partial charge is 0.121 e. The fraction of sp³-hybridized carbons (Fsp3) is 0.625. The van der Waals surface area contributed by atoms with Gasteiger partial charge in [0.2, 0.25) is 0 Å². The van der Waals surface area contributed by atoms with Crippen LogP contribution in [0.1, 0.15) is 39.5 Å². The summed E-state index contributed by atoms with van der Waals surface area (Å²) in [5, 5.41) is 3.59. The fourth-order valence-electron chi connectivity index (χ4n) is 2.26. The van der Waals surface area contributed by atoms with Gasteiger partial charge in [-0.05, 0) is 44.7 Å². The molecule has 0 amide bonds. The molecule has 1 aromatic carbocycles. The molecule has 1 aliphatic rings. The fourth-order valence-corrected chi connectivity index (χ4v) is 2.26. The van der Waals surface area contributed by atoms with Gasteiger partial charge >= 0.3 is 0 Å². The predicted octanol–water partition coefficient (Wildman–Crippen LogP) is 3.84. The molecule has 0 radical (unpaired) electrons. The summed E-state index contributed by atoms with van der Waals surface area (Å²) in [4.78, 5) is 0. The summed E-state index contributed by atoms with van der Waals surface area (Å²) >= 11 is 0. The Morgan fingerprint density at radius 2 is 2.26 bits per heavy atom. The van der Waals surface area contributed by atoms with Crippen molar-refractivity contribution in [2.75, 3.05) is 18.5 Å². The molecule has 0 bridgehead atoms. The topological polar surface area (TPSA) is 30.5 Å². The third kappa shape index (κ3) is 4.75. The maximum atomic E-state index is 5.85. The average molecular weight is 263 g/mol. The van der Waals surface area contributed by atoms with Crippen LogP contribution in [0.15, 0.2) is 24.3 Å². The van der Waals surface area contributed by atoms with E-state index in [-0.39, 0.29) is 6.10 Å². The molecule has 106 valence electrons. The van der Waals surface area contributed by atoms with Crippen LogP contribution in [0.3, 0.4) is 0 Å². The van der Waals surface area contributed by atoms with Crippen LogP contribution in [0.4, 0.5) is 5.69 Å². The minimum atomic E-state index is 0.265. The minimum absolute atomic E-state index is 0.265. The number of hydrogen-bond acceptors (Lipinski definition) is 3. The summed E-state index contributed by atoms with van der Waals surface area (Å²) in [6, 6.07) is 8.79. The van der Waals surface area contributed by atoms with Crippen LogP contribution in [-0.2, 0) is 4.74 Å². The number of nitrogens with one attached hydrogen (secondary N) is 1. The van der Waals surface area contributed by atoms with Crippen LogP contribution in [-0.4, -0.2) is 25.4 Å². The zero-order valence-corrected chi connectivity index (χ0v) is 12.0. The Balaban J connectivity index is 1.93. The lowest BCUT2D eigenvalue weighted by Crippen LogP contribution is -2.19. The quantitative estimate of drug-likeness (QED) is 0.875. The average Bonchev–Trinajstić information content (AvgIpc) is 2.67. The Morgan fingerprint density at radius 1 is 1.37 bits per heavy atom. The van der Waals surface area contributed by atoms with Crippen LogP contribution in [0.25, 0.3) is 0 Å². The minimum Gasteiger partial charge on any atom is -0.491 e.